The van der Waals surface area contributed by atoms with Gasteiger partial charge in [-0.1, -0.05) is 51.5 Å². The molecule has 2 unspecified atom stereocenters. The molecule has 29 heavy (non-hydrogen) atoms. The van der Waals surface area contributed by atoms with Crippen molar-refractivity contribution in [2.45, 2.75) is 27.2 Å². The van der Waals surface area contributed by atoms with E-state index >= 15 is 0 Å². The van der Waals surface area contributed by atoms with Gasteiger partial charge in [0.1, 0.15) is 17.1 Å². The van der Waals surface area contributed by atoms with Crippen molar-refractivity contribution in [3.63, 3.8) is 0 Å². The maximum atomic E-state index is 13.0. The van der Waals surface area contributed by atoms with Gasteiger partial charge >= 0.3 is 0 Å². The molecule has 1 N–H and O–H groups in total. The molecule has 1 aliphatic rings. The highest BCUT2D eigenvalue weighted by atomic mass is 32.1. The quantitative estimate of drug-likeness (QED) is 0.422. The SMILES string of the molecule is CCC(C)C(C)/C=C1\C(=O)NC(=S)N(c2ccc(Oc3ccccc3)cc2)C1=O. The van der Waals surface area contributed by atoms with Crippen molar-refractivity contribution >= 4 is 34.8 Å². The molecule has 150 valence electrons. The van der Waals surface area contributed by atoms with Gasteiger partial charge in [-0.2, -0.15) is 0 Å². The number of nitrogens with zero attached hydrogens (tertiary/aromatic N) is 1. The van der Waals surface area contributed by atoms with E-state index in [1.807, 2.05) is 37.3 Å². The standard InChI is InChI=1S/C23H24N2O3S/c1-4-15(2)16(3)14-20-21(26)24-23(29)25(22(20)27)17-10-12-19(13-11-17)28-18-8-6-5-7-9-18/h5-16H,4H2,1-3H3,(H,24,26,29)/b20-14+. The Bertz CT molecular complexity index is 938. The van der Waals surface area contributed by atoms with Gasteiger partial charge in [-0.3, -0.25) is 19.8 Å². The molecule has 1 aliphatic heterocycles. The Morgan fingerprint density at radius 1 is 1.03 bits per heavy atom. The molecule has 2 amide bonds. The third-order valence-electron chi connectivity index (χ3n) is 5.15. The highest BCUT2D eigenvalue weighted by Crippen LogP contribution is 2.27. The van der Waals surface area contributed by atoms with Crippen LogP contribution in [0.15, 0.2) is 66.2 Å². The van der Waals surface area contributed by atoms with Gasteiger partial charge in [0.05, 0.1) is 5.69 Å². The van der Waals surface area contributed by atoms with Crippen LogP contribution in [0.3, 0.4) is 0 Å². The highest BCUT2D eigenvalue weighted by molar-refractivity contribution is 7.80. The van der Waals surface area contributed by atoms with Crippen molar-refractivity contribution in [3.8, 4) is 11.5 Å². The predicted molar refractivity (Wildman–Crippen MR) is 118 cm³/mol. The van der Waals surface area contributed by atoms with Crippen molar-refractivity contribution in [3.05, 3.63) is 66.2 Å². The molecular weight excluding hydrogens is 384 g/mol. The molecule has 5 nitrogen and oxygen atoms in total. The van der Waals surface area contributed by atoms with E-state index in [0.29, 0.717) is 17.4 Å². The molecule has 2 aromatic rings. The second-order valence-electron chi connectivity index (χ2n) is 7.13. The molecule has 0 radical (unpaired) electrons. The number of anilines is 1. The zero-order valence-corrected chi connectivity index (χ0v) is 17.5. The number of carbonyl (C=O) groups is 2. The molecule has 2 aromatic carbocycles. The molecule has 0 bridgehead atoms. The Labute approximate surface area is 176 Å². The van der Waals surface area contributed by atoms with Crippen LogP contribution < -0.4 is 15.0 Å². The maximum absolute atomic E-state index is 13.0. The summed E-state index contributed by atoms with van der Waals surface area (Å²) in [6, 6.07) is 16.5. The first-order chi connectivity index (χ1) is 13.9. The van der Waals surface area contributed by atoms with Crippen LogP contribution in [0.4, 0.5) is 5.69 Å². The first-order valence-electron chi connectivity index (χ1n) is 9.65. The van der Waals surface area contributed by atoms with Crippen molar-refractivity contribution in [1.29, 1.82) is 0 Å². The lowest BCUT2D eigenvalue weighted by atomic mass is 9.91. The number of hydrogen-bond acceptors (Lipinski definition) is 4. The molecule has 0 spiro atoms. The Morgan fingerprint density at radius 3 is 2.28 bits per heavy atom. The normalized spacial score (nSPS) is 17.8. The third kappa shape index (κ3) is 4.71. The molecule has 0 aromatic heterocycles. The van der Waals surface area contributed by atoms with Crippen LogP contribution in [-0.2, 0) is 9.59 Å². The topological polar surface area (TPSA) is 58.6 Å². The Balaban J connectivity index is 1.83. The number of benzene rings is 2. The summed E-state index contributed by atoms with van der Waals surface area (Å²) in [4.78, 5) is 26.8. The number of hydrogen-bond donors (Lipinski definition) is 1. The zero-order valence-electron chi connectivity index (χ0n) is 16.7. The number of para-hydroxylation sites is 1. The summed E-state index contributed by atoms with van der Waals surface area (Å²) in [7, 11) is 0. The van der Waals surface area contributed by atoms with Crippen LogP contribution in [-0.4, -0.2) is 16.9 Å². The Hall–Kier alpha value is -2.99. The van der Waals surface area contributed by atoms with Crippen LogP contribution in [0, 0.1) is 11.8 Å². The van der Waals surface area contributed by atoms with Gasteiger partial charge < -0.3 is 4.74 Å². The Kier molecular flexibility index (Phi) is 6.44. The van der Waals surface area contributed by atoms with Gasteiger partial charge in [0, 0.05) is 0 Å². The molecule has 1 saturated heterocycles. The Morgan fingerprint density at radius 2 is 1.66 bits per heavy atom. The number of thiocarbonyl (C=S) groups is 1. The van der Waals surface area contributed by atoms with Gasteiger partial charge in [0.2, 0.25) is 0 Å². The number of allylic oxidation sites excluding steroid dienone is 1. The van der Waals surface area contributed by atoms with Crippen LogP contribution in [0.1, 0.15) is 27.2 Å². The second kappa shape index (κ2) is 9.01. The monoisotopic (exact) mass is 408 g/mol. The first-order valence-corrected chi connectivity index (χ1v) is 10.1. The second-order valence-corrected chi connectivity index (χ2v) is 7.52. The molecule has 3 rings (SSSR count). The van der Waals surface area contributed by atoms with E-state index in [4.69, 9.17) is 17.0 Å². The van der Waals surface area contributed by atoms with Crippen LogP contribution in [0.25, 0.3) is 0 Å². The summed E-state index contributed by atoms with van der Waals surface area (Å²) in [5.41, 5.74) is 0.693. The molecule has 2 atom stereocenters. The summed E-state index contributed by atoms with van der Waals surface area (Å²) in [6.45, 7) is 6.19. The summed E-state index contributed by atoms with van der Waals surface area (Å²) in [5.74, 6) is 0.961. The number of nitrogens with one attached hydrogen (secondary N) is 1. The molecule has 0 aliphatic carbocycles. The molecule has 1 heterocycles. The molecule has 1 fully saturated rings. The van der Waals surface area contributed by atoms with E-state index in [-0.39, 0.29) is 16.6 Å². The minimum atomic E-state index is -0.449. The van der Waals surface area contributed by atoms with E-state index in [2.05, 4.69) is 19.2 Å². The largest absolute Gasteiger partial charge is 0.457 e. The summed E-state index contributed by atoms with van der Waals surface area (Å²) in [6.07, 6.45) is 2.71. The van der Waals surface area contributed by atoms with E-state index in [1.54, 1.807) is 30.3 Å². The van der Waals surface area contributed by atoms with E-state index in [1.165, 1.54) is 4.90 Å². The van der Waals surface area contributed by atoms with E-state index in [0.717, 1.165) is 12.2 Å². The maximum Gasteiger partial charge on any atom is 0.269 e. The van der Waals surface area contributed by atoms with Crippen LogP contribution in [0.5, 0.6) is 11.5 Å². The fraction of sp³-hybridized carbons (Fsp3) is 0.261. The number of carbonyl (C=O) groups excluding carboxylic acids is 2. The number of rotatable bonds is 6. The minimum Gasteiger partial charge on any atom is -0.457 e. The fourth-order valence-corrected chi connectivity index (χ4v) is 3.28. The van der Waals surface area contributed by atoms with Crippen molar-refractivity contribution in [2.24, 2.45) is 11.8 Å². The average molecular weight is 409 g/mol. The number of amides is 2. The first kappa shape index (κ1) is 20.7. The lowest BCUT2D eigenvalue weighted by molar-refractivity contribution is -0.122. The fourth-order valence-electron chi connectivity index (χ4n) is 3.00. The van der Waals surface area contributed by atoms with Gasteiger partial charge in [0.25, 0.3) is 11.8 Å². The van der Waals surface area contributed by atoms with Gasteiger partial charge in [-0.25, -0.2) is 0 Å². The van der Waals surface area contributed by atoms with E-state index < -0.39 is 11.8 Å². The van der Waals surface area contributed by atoms with Gasteiger partial charge in [0.15, 0.2) is 5.11 Å². The summed E-state index contributed by atoms with van der Waals surface area (Å²) < 4.78 is 5.79. The minimum absolute atomic E-state index is 0.0741. The average Bonchev–Trinajstić information content (AvgIpc) is 2.72. The lowest BCUT2D eigenvalue weighted by Crippen LogP contribution is -2.54. The van der Waals surface area contributed by atoms with Crippen molar-refractivity contribution in [2.75, 3.05) is 4.90 Å². The third-order valence-corrected chi connectivity index (χ3v) is 5.43. The van der Waals surface area contributed by atoms with Gasteiger partial charge in [-0.05, 0) is 60.5 Å². The van der Waals surface area contributed by atoms with Crippen LogP contribution in [0.2, 0.25) is 0 Å². The van der Waals surface area contributed by atoms with E-state index in [9.17, 15) is 9.59 Å². The molecule has 0 saturated carbocycles. The summed E-state index contributed by atoms with van der Waals surface area (Å²) >= 11 is 5.26. The lowest BCUT2D eigenvalue weighted by Gasteiger charge is -2.29. The number of ether oxygens (including phenoxy) is 1. The smallest absolute Gasteiger partial charge is 0.269 e. The van der Waals surface area contributed by atoms with Crippen molar-refractivity contribution < 1.29 is 14.3 Å². The van der Waals surface area contributed by atoms with Crippen molar-refractivity contribution in [1.82, 2.24) is 5.32 Å². The zero-order chi connectivity index (χ0) is 21.0. The highest BCUT2D eigenvalue weighted by Gasteiger charge is 2.35. The van der Waals surface area contributed by atoms with Crippen LogP contribution >= 0.6 is 12.2 Å². The molecular formula is C23H24N2O3S. The van der Waals surface area contributed by atoms with Gasteiger partial charge in [-0.15, -0.1) is 0 Å². The molecule has 6 heteroatoms. The predicted octanol–water partition coefficient (Wildman–Crippen LogP) is 4.84. The summed E-state index contributed by atoms with van der Waals surface area (Å²) in [5, 5.41) is 2.70.